The number of nitrogens with zero attached hydrogens (tertiary/aromatic N) is 5. The van der Waals surface area contributed by atoms with Gasteiger partial charge in [-0.1, -0.05) is 53.5 Å². The molecule has 0 saturated heterocycles. The average molecular weight is 757 g/mol. The Labute approximate surface area is 322 Å². The first-order valence-corrected chi connectivity index (χ1v) is 18.0. The molecule has 54 heavy (non-hydrogen) atoms. The summed E-state index contributed by atoms with van der Waals surface area (Å²) in [4.78, 5) is 38.5. The van der Waals surface area contributed by atoms with Gasteiger partial charge in [-0.15, -0.1) is 0 Å². The smallest absolute Gasteiger partial charge is 0.251 e. The first-order chi connectivity index (χ1) is 26.3. The average Bonchev–Trinajstić information content (AvgIpc) is 3.90. The van der Waals surface area contributed by atoms with Gasteiger partial charge in [-0.2, -0.15) is 0 Å². The monoisotopic (exact) mass is 755 g/mol. The number of amides is 2. The summed E-state index contributed by atoms with van der Waals surface area (Å²) in [7, 11) is 0. The summed E-state index contributed by atoms with van der Waals surface area (Å²) in [5.74, 6) is 0.193. The van der Waals surface area contributed by atoms with Gasteiger partial charge in [0.1, 0.15) is 11.3 Å². The van der Waals surface area contributed by atoms with Crippen molar-refractivity contribution in [2.24, 2.45) is 0 Å². The fourth-order valence-electron chi connectivity index (χ4n) is 6.05. The van der Waals surface area contributed by atoms with E-state index in [1.165, 1.54) is 6.08 Å². The van der Waals surface area contributed by atoms with Crippen molar-refractivity contribution in [3.8, 4) is 17.1 Å². The van der Waals surface area contributed by atoms with Crippen LogP contribution >= 0.6 is 23.2 Å². The number of aromatic nitrogens is 5. The third-order valence-electron chi connectivity index (χ3n) is 8.76. The van der Waals surface area contributed by atoms with Gasteiger partial charge in [0.15, 0.2) is 0 Å². The highest BCUT2D eigenvalue weighted by Gasteiger charge is 2.16. The van der Waals surface area contributed by atoms with E-state index < -0.39 is 0 Å². The molecule has 0 saturated carbocycles. The van der Waals surface area contributed by atoms with Gasteiger partial charge in [0.2, 0.25) is 5.91 Å². The van der Waals surface area contributed by atoms with Gasteiger partial charge in [-0.05, 0) is 84.8 Å². The van der Waals surface area contributed by atoms with Crippen molar-refractivity contribution in [1.82, 2.24) is 34.7 Å². The van der Waals surface area contributed by atoms with Crippen LogP contribution in [0, 0.1) is 6.92 Å². The third-order valence-corrected chi connectivity index (χ3v) is 9.54. The van der Waals surface area contributed by atoms with Gasteiger partial charge >= 0.3 is 0 Å². The predicted octanol–water partition coefficient (Wildman–Crippen LogP) is 8.10. The molecule has 3 aromatic carbocycles. The first-order valence-electron chi connectivity index (χ1n) is 17.2. The van der Waals surface area contributed by atoms with Crippen LogP contribution in [0.1, 0.15) is 38.6 Å². The SMILES string of the molecule is Cc1cc(-n2ccnc2)c2cccc(OCCc3c(Cl)ccc(-n4cccc4CNC(=O)C=Cc4ccc(C(=O)NCc5ccccn5)cc4)c3Cl)c2n1. The standard InChI is InChI=1S/C42H35Cl2N7O3/c1-28-24-37(50-22-20-45-27-50)34-8-4-9-38(41(34)49-28)54-23-18-33-35(43)15-16-36(40(33)44)51-21-5-7-32(51)26-47-39(52)17-12-29-10-13-30(14-11-29)42(53)48-25-31-6-2-3-19-46-31/h2-17,19-22,24,27H,18,23,25-26H2,1H3,(H,47,52)(H,48,53). The molecule has 0 spiro atoms. The van der Waals surface area contributed by atoms with Crippen LogP contribution in [0.4, 0.5) is 0 Å². The highest BCUT2D eigenvalue weighted by atomic mass is 35.5. The van der Waals surface area contributed by atoms with E-state index in [0.717, 1.165) is 50.5 Å². The second-order valence-corrected chi connectivity index (χ2v) is 13.2. The van der Waals surface area contributed by atoms with E-state index in [-0.39, 0.29) is 18.4 Å². The summed E-state index contributed by atoms with van der Waals surface area (Å²) in [5.41, 5.74) is 6.98. The number of hydrogen-bond acceptors (Lipinski definition) is 6. The summed E-state index contributed by atoms with van der Waals surface area (Å²) in [5, 5.41) is 7.78. The van der Waals surface area contributed by atoms with Gasteiger partial charge < -0.3 is 24.5 Å². The predicted molar refractivity (Wildman–Crippen MR) is 211 cm³/mol. The van der Waals surface area contributed by atoms with Crippen molar-refractivity contribution in [2.45, 2.75) is 26.4 Å². The Hall–Kier alpha value is -6.23. The molecule has 0 fully saturated rings. The highest BCUT2D eigenvalue weighted by molar-refractivity contribution is 6.37. The molecular formula is C42H35Cl2N7O3. The number of rotatable bonds is 13. The second-order valence-electron chi connectivity index (χ2n) is 12.4. The van der Waals surface area contributed by atoms with E-state index in [9.17, 15) is 9.59 Å². The molecule has 0 aliphatic carbocycles. The molecule has 2 N–H and O–H groups in total. The van der Waals surface area contributed by atoms with Gasteiger partial charge in [-0.3, -0.25) is 14.6 Å². The van der Waals surface area contributed by atoms with Crippen LogP contribution in [0.25, 0.3) is 28.4 Å². The number of pyridine rings is 2. The van der Waals surface area contributed by atoms with E-state index in [2.05, 4.69) is 20.6 Å². The topological polar surface area (TPSA) is 116 Å². The lowest BCUT2D eigenvalue weighted by atomic mass is 10.1. The molecule has 0 radical (unpaired) electrons. The maximum Gasteiger partial charge on any atom is 0.251 e. The number of halogens is 2. The number of nitrogens with one attached hydrogen (secondary N) is 2. The molecule has 0 aliphatic rings. The van der Waals surface area contributed by atoms with Crippen molar-refractivity contribution in [3.05, 3.63) is 172 Å². The van der Waals surface area contributed by atoms with Gasteiger partial charge in [-0.25, -0.2) is 9.97 Å². The zero-order valence-electron chi connectivity index (χ0n) is 29.2. The molecule has 4 aromatic heterocycles. The van der Waals surface area contributed by atoms with Gasteiger partial charge in [0, 0.05) is 64.6 Å². The van der Waals surface area contributed by atoms with Gasteiger partial charge in [0.05, 0.1) is 48.1 Å². The summed E-state index contributed by atoms with van der Waals surface area (Å²) < 4.78 is 10.2. The fraction of sp³-hybridized carbons (Fsp3) is 0.119. The van der Waals surface area contributed by atoms with E-state index in [1.807, 2.05) is 95.2 Å². The first kappa shape index (κ1) is 36.1. The Kier molecular flexibility index (Phi) is 11.1. The largest absolute Gasteiger partial charge is 0.491 e. The molecule has 2 amide bonds. The fourth-order valence-corrected chi connectivity index (χ4v) is 6.70. The quantitative estimate of drug-likeness (QED) is 0.115. The van der Waals surface area contributed by atoms with Crippen molar-refractivity contribution in [3.63, 3.8) is 0 Å². The van der Waals surface area contributed by atoms with E-state index >= 15 is 0 Å². The minimum Gasteiger partial charge on any atom is -0.491 e. The Morgan fingerprint density at radius 3 is 2.54 bits per heavy atom. The lowest BCUT2D eigenvalue weighted by Crippen LogP contribution is -2.23. The Morgan fingerprint density at radius 1 is 0.870 bits per heavy atom. The third kappa shape index (κ3) is 8.36. The number of carbonyl (C=O) groups excluding carboxylic acids is 2. The molecule has 10 nitrogen and oxygen atoms in total. The Balaban J connectivity index is 0.968. The summed E-state index contributed by atoms with van der Waals surface area (Å²) in [6.07, 6.45) is 12.6. The number of benzene rings is 3. The molecule has 7 rings (SSSR count). The van der Waals surface area contributed by atoms with Crippen LogP contribution < -0.4 is 15.4 Å². The van der Waals surface area contributed by atoms with Crippen molar-refractivity contribution in [2.75, 3.05) is 6.61 Å². The maximum atomic E-state index is 12.8. The van der Waals surface area contributed by atoms with Crippen molar-refractivity contribution >= 4 is 52.0 Å². The number of fused-ring (bicyclic) bond motifs is 1. The van der Waals surface area contributed by atoms with Crippen molar-refractivity contribution in [1.29, 1.82) is 0 Å². The van der Waals surface area contributed by atoms with Crippen LogP contribution in [0.5, 0.6) is 5.75 Å². The Morgan fingerprint density at radius 2 is 1.74 bits per heavy atom. The van der Waals surface area contributed by atoms with E-state index in [4.69, 9.17) is 32.9 Å². The zero-order valence-corrected chi connectivity index (χ0v) is 30.8. The zero-order chi connectivity index (χ0) is 37.4. The lowest BCUT2D eigenvalue weighted by Gasteiger charge is -2.16. The molecule has 0 atom stereocenters. The van der Waals surface area contributed by atoms with Gasteiger partial charge in [0.25, 0.3) is 5.91 Å². The molecule has 0 aliphatic heterocycles. The van der Waals surface area contributed by atoms with Crippen LogP contribution in [-0.2, 0) is 24.3 Å². The molecule has 4 heterocycles. The molecule has 270 valence electrons. The summed E-state index contributed by atoms with van der Waals surface area (Å²) >= 11 is 13.7. The minimum atomic E-state index is -0.268. The van der Waals surface area contributed by atoms with Crippen LogP contribution in [0.15, 0.2) is 128 Å². The maximum absolute atomic E-state index is 12.8. The van der Waals surface area contributed by atoms with Crippen LogP contribution in [-0.4, -0.2) is 42.5 Å². The molecule has 0 unspecified atom stereocenters. The molecule has 12 heteroatoms. The Bertz CT molecular complexity index is 2450. The number of ether oxygens (including phenoxy) is 1. The highest BCUT2D eigenvalue weighted by Crippen LogP contribution is 2.33. The molecular weight excluding hydrogens is 721 g/mol. The number of para-hydroxylation sites is 1. The second kappa shape index (κ2) is 16.6. The number of hydrogen-bond donors (Lipinski definition) is 2. The van der Waals surface area contributed by atoms with Crippen LogP contribution in [0.3, 0.4) is 0 Å². The van der Waals surface area contributed by atoms with Crippen molar-refractivity contribution < 1.29 is 14.3 Å². The molecule has 0 bridgehead atoms. The lowest BCUT2D eigenvalue weighted by molar-refractivity contribution is -0.116. The number of imidazole rings is 1. The molecule has 7 aromatic rings. The normalized spacial score (nSPS) is 11.2. The van der Waals surface area contributed by atoms with Crippen LogP contribution in [0.2, 0.25) is 10.0 Å². The number of carbonyl (C=O) groups is 2. The summed E-state index contributed by atoms with van der Waals surface area (Å²) in [6, 6.07) is 27.9. The van der Waals surface area contributed by atoms with E-state index in [0.29, 0.717) is 40.9 Å². The minimum absolute atomic E-state index is 0.201. The summed E-state index contributed by atoms with van der Waals surface area (Å²) in [6.45, 7) is 2.87. The van der Waals surface area contributed by atoms with E-state index in [1.54, 1.807) is 49.1 Å². The number of aryl methyl sites for hydroxylation is 1.